The normalized spacial score (nSPS) is 10.1. The Morgan fingerprint density at radius 1 is 1.00 bits per heavy atom. The van der Waals surface area contributed by atoms with E-state index in [4.69, 9.17) is 4.74 Å². The first-order chi connectivity index (χ1) is 10.4. The molecule has 0 aliphatic rings. The van der Waals surface area contributed by atoms with E-state index in [9.17, 15) is 14.4 Å². The van der Waals surface area contributed by atoms with E-state index in [0.29, 0.717) is 5.69 Å². The van der Waals surface area contributed by atoms with E-state index in [1.54, 1.807) is 32.0 Å². The Bertz CT molecular complexity index is 791. The maximum atomic E-state index is 12.1. The van der Waals surface area contributed by atoms with Gasteiger partial charge in [-0.2, -0.15) is 0 Å². The number of benzene rings is 1. The van der Waals surface area contributed by atoms with Crippen LogP contribution in [0.5, 0.6) is 5.75 Å². The quantitative estimate of drug-likeness (QED) is 0.692. The van der Waals surface area contributed by atoms with Gasteiger partial charge in [-0.25, -0.2) is 9.59 Å². The lowest BCUT2D eigenvalue weighted by molar-refractivity contribution is 0.0593. The van der Waals surface area contributed by atoms with Gasteiger partial charge in [-0.05, 0) is 43.7 Å². The second-order valence-corrected chi connectivity index (χ2v) is 4.76. The summed E-state index contributed by atoms with van der Waals surface area (Å²) >= 11 is 0. The van der Waals surface area contributed by atoms with Gasteiger partial charge < -0.3 is 14.5 Å². The van der Waals surface area contributed by atoms with Crippen molar-refractivity contribution in [3.05, 3.63) is 63.1 Å². The van der Waals surface area contributed by atoms with Crippen LogP contribution in [-0.4, -0.2) is 24.0 Å². The smallest absolute Gasteiger partial charge is 0.349 e. The van der Waals surface area contributed by atoms with Crippen molar-refractivity contribution in [1.82, 2.24) is 4.98 Å². The summed E-state index contributed by atoms with van der Waals surface area (Å²) in [7, 11) is 1.24. The summed E-state index contributed by atoms with van der Waals surface area (Å²) < 4.78 is 9.83. The molecule has 0 atom stereocenters. The average Bonchev–Trinajstić information content (AvgIpc) is 2.48. The van der Waals surface area contributed by atoms with Crippen molar-refractivity contribution in [2.45, 2.75) is 13.8 Å². The summed E-state index contributed by atoms with van der Waals surface area (Å²) in [6, 6.07) is 7.70. The van der Waals surface area contributed by atoms with Gasteiger partial charge in [-0.15, -0.1) is 0 Å². The van der Waals surface area contributed by atoms with Gasteiger partial charge in [0.15, 0.2) is 0 Å². The molecule has 22 heavy (non-hydrogen) atoms. The van der Waals surface area contributed by atoms with Crippen LogP contribution in [0.3, 0.4) is 0 Å². The lowest BCUT2D eigenvalue weighted by atomic mass is 10.1. The molecule has 0 saturated carbocycles. The number of aromatic amines is 1. The summed E-state index contributed by atoms with van der Waals surface area (Å²) in [5, 5.41) is 0. The fraction of sp³-hybridized carbons (Fsp3) is 0.188. The minimum absolute atomic E-state index is 0.0439. The molecule has 0 unspecified atom stereocenters. The van der Waals surface area contributed by atoms with Crippen LogP contribution < -0.4 is 10.3 Å². The highest BCUT2D eigenvalue weighted by atomic mass is 16.5. The number of ether oxygens (including phenoxy) is 2. The van der Waals surface area contributed by atoms with Crippen molar-refractivity contribution in [2.24, 2.45) is 0 Å². The van der Waals surface area contributed by atoms with Gasteiger partial charge in [0.05, 0.1) is 7.11 Å². The second kappa shape index (κ2) is 6.26. The van der Waals surface area contributed by atoms with Gasteiger partial charge in [0.2, 0.25) is 0 Å². The number of methoxy groups -OCH3 is 1. The third-order valence-corrected chi connectivity index (χ3v) is 3.02. The molecule has 1 aromatic heterocycles. The van der Waals surface area contributed by atoms with Crippen LogP contribution in [0, 0.1) is 13.8 Å². The highest BCUT2D eigenvalue weighted by Gasteiger charge is 2.19. The summed E-state index contributed by atoms with van der Waals surface area (Å²) in [4.78, 5) is 38.1. The second-order valence-electron chi connectivity index (χ2n) is 4.76. The van der Waals surface area contributed by atoms with E-state index in [1.807, 2.05) is 0 Å². The van der Waals surface area contributed by atoms with Crippen molar-refractivity contribution >= 4 is 11.9 Å². The van der Waals surface area contributed by atoms with Gasteiger partial charge in [-0.3, -0.25) is 4.79 Å². The molecule has 2 aromatic rings. The van der Waals surface area contributed by atoms with Gasteiger partial charge in [0.1, 0.15) is 16.9 Å². The Labute approximate surface area is 126 Å². The maximum absolute atomic E-state index is 12.1. The topological polar surface area (TPSA) is 85.5 Å². The summed E-state index contributed by atoms with van der Waals surface area (Å²) in [6.07, 6.45) is 0. The third kappa shape index (κ3) is 3.22. The molecule has 0 aliphatic heterocycles. The maximum Gasteiger partial charge on any atom is 0.349 e. The predicted octanol–water partition coefficient (Wildman–Crippen LogP) is 2.00. The van der Waals surface area contributed by atoms with Crippen molar-refractivity contribution in [1.29, 1.82) is 0 Å². The molecule has 0 amide bonds. The molecule has 0 radical (unpaired) electrons. The first kappa shape index (κ1) is 15.5. The van der Waals surface area contributed by atoms with Gasteiger partial charge >= 0.3 is 11.9 Å². The Morgan fingerprint density at radius 2 is 1.73 bits per heavy atom. The van der Waals surface area contributed by atoms with Gasteiger partial charge in [0, 0.05) is 5.69 Å². The minimum Gasteiger partial charge on any atom is -0.465 e. The lowest BCUT2D eigenvalue weighted by Gasteiger charge is -2.09. The number of esters is 2. The van der Waals surface area contributed by atoms with Gasteiger partial charge in [-0.1, -0.05) is 6.07 Å². The SMILES string of the molecule is COC(=O)c1cc(C)ccc1OC(=O)c1ccc(C)[nH]c1=O. The molecule has 1 aromatic carbocycles. The van der Waals surface area contributed by atoms with E-state index in [-0.39, 0.29) is 16.9 Å². The molecule has 114 valence electrons. The summed E-state index contributed by atoms with van der Waals surface area (Å²) in [5.74, 6) is -1.41. The molecule has 0 bridgehead atoms. The zero-order chi connectivity index (χ0) is 16.3. The number of hydrogen-bond acceptors (Lipinski definition) is 5. The van der Waals surface area contributed by atoms with Crippen LogP contribution in [-0.2, 0) is 4.74 Å². The summed E-state index contributed by atoms with van der Waals surface area (Å²) in [5.41, 5.74) is 0.888. The van der Waals surface area contributed by atoms with Crippen LogP contribution in [0.1, 0.15) is 32.0 Å². The van der Waals surface area contributed by atoms with Crippen molar-refractivity contribution < 1.29 is 19.1 Å². The molecule has 0 aliphatic carbocycles. The van der Waals surface area contributed by atoms with E-state index in [0.717, 1.165) is 5.56 Å². The number of nitrogens with one attached hydrogen (secondary N) is 1. The van der Waals surface area contributed by atoms with E-state index >= 15 is 0 Å². The Kier molecular flexibility index (Phi) is 4.41. The molecular formula is C16H15NO5. The molecule has 0 saturated heterocycles. The minimum atomic E-state index is -0.838. The van der Waals surface area contributed by atoms with Crippen LogP contribution in [0.15, 0.2) is 35.1 Å². The molecule has 2 rings (SSSR count). The number of rotatable bonds is 3. The average molecular weight is 301 g/mol. The first-order valence-corrected chi connectivity index (χ1v) is 6.53. The van der Waals surface area contributed by atoms with Crippen LogP contribution in [0.2, 0.25) is 0 Å². The molecule has 6 nitrogen and oxygen atoms in total. The number of hydrogen-bond donors (Lipinski definition) is 1. The largest absolute Gasteiger partial charge is 0.465 e. The Balaban J connectivity index is 2.36. The standard InChI is InChI=1S/C16H15NO5/c1-9-4-7-13(12(8-9)15(19)21-3)22-16(20)11-6-5-10(2)17-14(11)18/h4-8H,1-3H3,(H,17,18). The van der Waals surface area contributed by atoms with Crippen LogP contribution in [0.25, 0.3) is 0 Å². The first-order valence-electron chi connectivity index (χ1n) is 6.53. The zero-order valence-electron chi connectivity index (χ0n) is 12.4. The predicted molar refractivity (Wildman–Crippen MR) is 79.3 cm³/mol. The van der Waals surface area contributed by atoms with Crippen LogP contribution in [0.4, 0.5) is 0 Å². The van der Waals surface area contributed by atoms with Crippen molar-refractivity contribution in [3.63, 3.8) is 0 Å². The molecule has 0 fully saturated rings. The Hall–Kier alpha value is -2.89. The number of aromatic nitrogens is 1. The lowest BCUT2D eigenvalue weighted by Crippen LogP contribution is -2.22. The zero-order valence-corrected chi connectivity index (χ0v) is 12.4. The Morgan fingerprint density at radius 3 is 2.36 bits per heavy atom. The molecule has 1 heterocycles. The number of carbonyl (C=O) groups is 2. The fourth-order valence-electron chi connectivity index (χ4n) is 1.89. The number of pyridine rings is 1. The number of H-pyrrole nitrogens is 1. The third-order valence-electron chi connectivity index (χ3n) is 3.02. The van der Waals surface area contributed by atoms with Crippen molar-refractivity contribution in [3.8, 4) is 5.75 Å². The van der Waals surface area contributed by atoms with E-state index in [2.05, 4.69) is 9.72 Å². The summed E-state index contributed by atoms with van der Waals surface area (Å²) in [6.45, 7) is 3.49. The fourth-order valence-corrected chi connectivity index (χ4v) is 1.89. The van der Waals surface area contributed by atoms with E-state index in [1.165, 1.54) is 19.2 Å². The molecule has 0 spiro atoms. The van der Waals surface area contributed by atoms with Gasteiger partial charge in [0.25, 0.3) is 5.56 Å². The van der Waals surface area contributed by atoms with Crippen LogP contribution >= 0.6 is 0 Å². The monoisotopic (exact) mass is 301 g/mol. The van der Waals surface area contributed by atoms with E-state index < -0.39 is 17.5 Å². The molecule has 1 N–H and O–H groups in total. The van der Waals surface area contributed by atoms with Crippen molar-refractivity contribution in [2.75, 3.05) is 7.11 Å². The number of carbonyl (C=O) groups excluding carboxylic acids is 2. The number of aryl methyl sites for hydroxylation is 2. The highest BCUT2D eigenvalue weighted by Crippen LogP contribution is 2.21. The molecular weight excluding hydrogens is 286 g/mol. The molecule has 6 heteroatoms. The highest BCUT2D eigenvalue weighted by molar-refractivity contribution is 5.96.